The lowest BCUT2D eigenvalue weighted by Crippen LogP contribution is -1.96. The molecule has 19 heavy (non-hydrogen) atoms. The van der Waals surface area contributed by atoms with E-state index in [1.165, 1.54) is 18.3 Å². The van der Waals surface area contributed by atoms with Crippen molar-refractivity contribution in [1.82, 2.24) is 9.97 Å². The Balaban J connectivity index is 0.000000200. The zero-order valence-electron chi connectivity index (χ0n) is 10.2. The molecule has 0 aliphatic heterocycles. The number of benzene rings is 1. The largest absolute Gasteiger partial charge is 0.384 e. The Morgan fingerprint density at radius 1 is 1.11 bits per heavy atom. The summed E-state index contributed by atoms with van der Waals surface area (Å²) in [6.07, 6.45) is 1.51. The highest BCUT2D eigenvalue weighted by atomic mass is 32.2. The second-order valence-corrected chi connectivity index (χ2v) is 5.05. The van der Waals surface area contributed by atoms with Gasteiger partial charge in [0.25, 0.3) is 10.1 Å². The van der Waals surface area contributed by atoms with E-state index in [0.717, 1.165) is 5.56 Å². The molecule has 2 rings (SSSR count). The molecule has 1 aromatic carbocycles. The predicted octanol–water partition coefficient (Wildman–Crippen LogP) is 0.883. The molecule has 0 spiro atoms. The third-order valence-electron chi connectivity index (χ3n) is 2.01. The van der Waals surface area contributed by atoms with Gasteiger partial charge in [-0.2, -0.15) is 13.4 Å². The van der Waals surface area contributed by atoms with E-state index in [0.29, 0.717) is 5.82 Å². The van der Waals surface area contributed by atoms with Crippen molar-refractivity contribution in [2.45, 2.75) is 11.8 Å². The van der Waals surface area contributed by atoms with Gasteiger partial charge in [0.1, 0.15) is 5.82 Å². The zero-order valence-corrected chi connectivity index (χ0v) is 11.0. The summed E-state index contributed by atoms with van der Waals surface area (Å²) in [5.41, 5.74) is 11.3. The number of nitrogen functional groups attached to an aromatic ring is 2. The molecular formula is C11H14N4O3S. The van der Waals surface area contributed by atoms with Gasteiger partial charge in [-0.15, -0.1) is 0 Å². The van der Waals surface area contributed by atoms with E-state index in [4.69, 9.17) is 16.0 Å². The lowest BCUT2D eigenvalue weighted by molar-refractivity contribution is 0.483. The van der Waals surface area contributed by atoms with Crippen molar-refractivity contribution < 1.29 is 13.0 Å². The molecule has 0 saturated heterocycles. The molecule has 0 atom stereocenters. The van der Waals surface area contributed by atoms with E-state index in [2.05, 4.69) is 9.97 Å². The Bertz CT molecular complexity index is 624. The van der Waals surface area contributed by atoms with Crippen LogP contribution in [0.25, 0.3) is 0 Å². The van der Waals surface area contributed by atoms with Crippen LogP contribution in [0.4, 0.5) is 11.8 Å². The Labute approximate surface area is 111 Å². The third kappa shape index (κ3) is 5.32. The topological polar surface area (TPSA) is 132 Å². The van der Waals surface area contributed by atoms with E-state index >= 15 is 0 Å². The number of hydrogen-bond acceptors (Lipinski definition) is 6. The summed E-state index contributed by atoms with van der Waals surface area (Å²) in [5, 5.41) is 0. The van der Waals surface area contributed by atoms with Gasteiger partial charge in [0.05, 0.1) is 4.90 Å². The number of aromatic nitrogens is 2. The second kappa shape index (κ2) is 6.12. The van der Waals surface area contributed by atoms with Crippen LogP contribution in [0.15, 0.2) is 41.4 Å². The number of hydrogen-bond donors (Lipinski definition) is 3. The molecular weight excluding hydrogens is 268 g/mol. The standard InChI is InChI=1S/C7H8O3S.C4H6N4/c1-6-2-4-7(5-3-6)11(8,9)10;5-3-1-2-7-4(6)8-3/h2-5H,1H3,(H,8,9,10);1-2H,(H4,5,6,7,8). The molecule has 0 saturated carbocycles. The molecule has 7 nitrogen and oxygen atoms in total. The maximum Gasteiger partial charge on any atom is 0.294 e. The minimum absolute atomic E-state index is 0.0666. The molecule has 0 aliphatic carbocycles. The van der Waals surface area contributed by atoms with Gasteiger partial charge in [-0.1, -0.05) is 17.7 Å². The van der Waals surface area contributed by atoms with Crippen LogP contribution >= 0.6 is 0 Å². The van der Waals surface area contributed by atoms with E-state index in [1.54, 1.807) is 18.2 Å². The van der Waals surface area contributed by atoms with Gasteiger partial charge in [0.2, 0.25) is 5.95 Å². The van der Waals surface area contributed by atoms with E-state index in [9.17, 15) is 8.42 Å². The van der Waals surface area contributed by atoms with E-state index < -0.39 is 10.1 Å². The summed E-state index contributed by atoms with van der Waals surface area (Å²) < 4.78 is 29.6. The van der Waals surface area contributed by atoms with E-state index in [-0.39, 0.29) is 10.8 Å². The van der Waals surface area contributed by atoms with Crippen LogP contribution in [0.3, 0.4) is 0 Å². The molecule has 0 bridgehead atoms. The fraction of sp³-hybridized carbons (Fsp3) is 0.0909. The highest BCUT2D eigenvalue weighted by Gasteiger charge is 2.06. The maximum absolute atomic E-state index is 10.5. The van der Waals surface area contributed by atoms with Crippen LogP contribution in [-0.4, -0.2) is 22.9 Å². The quantitative estimate of drug-likeness (QED) is 0.661. The van der Waals surface area contributed by atoms with Crippen LogP contribution in [-0.2, 0) is 10.1 Å². The van der Waals surface area contributed by atoms with Crippen molar-refractivity contribution in [2.24, 2.45) is 0 Å². The van der Waals surface area contributed by atoms with Crippen LogP contribution in [0, 0.1) is 6.92 Å². The Morgan fingerprint density at radius 3 is 2.05 bits per heavy atom. The molecule has 1 heterocycles. The normalized spacial score (nSPS) is 10.4. The lowest BCUT2D eigenvalue weighted by Gasteiger charge is -1.95. The van der Waals surface area contributed by atoms with Crippen molar-refractivity contribution in [3.05, 3.63) is 42.1 Å². The highest BCUT2D eigenvalue weighted by molar-refractivity contribution is 7.85. The molecule has 5 N–H and O–H groups in total. The summed E-state index contributed by atoms with van der Waals surface area (Å²) in [7, 11) is -4.02. The van der Waals surface area contributed by atoms with Crippen molar-refractivity contribution in [2.75, 3.05) is 11.5 Å². The average Bonchev–Trinajstić information content (AvgIpc) is 2.28. The molecule has 0 amide bonds. The summed E-state index contributed by atoms with van der Waals surface area (Å²) >= 11 is 0. The summed E-state index contributed by atoms with van der Waals surface area (Å²) in [4.78, 5) is 7.18. The number of nitrogens with zero attached hydrogens (tertiary/aromatic N) is 2. The smallest absolute Gasteiger partial charge is 0.294 e. The van der Waals surface area contributed by atoms with Crippen molar-refractivity contribution >= 4 is 21.9 Å². The van der Waals surface area contributed by atoms with Gasteiger partial charge in [0.15, 0.2) is 0 Å². The fourth-order valence-corrected chi connectivity index (χ4v) is 1.58. The van der Waals surface area contributed by atoms with Crippen LogP contribution < -0.4 is 11.5 Å². The molecule has 0 fully saturated rings. The summed E-state index contributed by atoms with van der Waals surface area (Å²) in [5.74, 6) is 0.613. The number of nitrogens with two attached hydrogens (primary N) is 2. The predicted molar refractivity (Wildman–Crippen MR) is 71.9 cm³/mol. The minimum Gasteiger partial charge on any atom is -0.384 e. The summed E-state index contributed by atoms with van der Waals surface area (Å²) in [6.45, 7) is 1.84. The van der Waals surface area contributed by atoms with Gasteiger partial charge in [-0.3, -0.25) is 4.55 Å². The Hall–Kier alpha value is -2.19. The SMILES string of the molecule is Cc1ccc(S(=O)(=O)O)cc1.Nc1ccnc(N)n1. The van der Waals surface area contributed by atoms with Crippen molar-refractivity contribution in [3.63, 3.8) is 0 Å². The molecule has 0 aliphatic rings. The second-order valence-electron chi connectivity index (χ2n) is 3.63. The maximum atomic E-state index is 10.5. The minimum atomic E-state index is -4.02. The Kier molecular flexibility index (Phi) is 4.79. The fourth-order valence-electron chi connectivity index (χ4n) is 1.10. The molecule has 102 valence electrons. The van der Waals surface area contributed by atoms with Gasteiger partial charge < -0.3 is 11.5 Å². The Morgan fingerprint density at radius 2 is 1.68 bits per heavy atom. The molecule has 2 aromatic rings. The van der Waals surface area contributed by atoms with Gasteiger partial charge in [-0.25, -0.2) is 4.98 Å². The number of aryl methyl sites for hydroxylation is 1. The first kappa shape index (κ1) is 14.9. The summed E-state index contributed by atoms with van der Waals surface area (Å²) in [6, 6.07) is 7.57. The van der Waals surface area contributed by atoms with Crippen LogP contribution in [0.1, 0.15) is 5.56 Å². The van der Waals surface area contributed by atoms with Gasteiger partial charge in [-0.05, 0) is 25.1 Å². The van der Waals surface area contributed by atoms with E-state index in [1.807, 2.05) is 6.92 Å². The zero-order chi connectivity index (χ0) is 14.5. The molecule has 0 radical (unpaired) electrons. The number of anilines is 2. The van der Waals surface area contributed by atoms with Gasteiger partial charge in [0, 0.05) is 6.20 Å². The molecule has 8 heteroatoms. The van der Waals surface area contributed by atoms with Crippen LogP contribution in [0.5, 0.6) is 0 Å². The average molecular weight is 282 g/mol. The first-order valence-electron chi connectivity index (χ1n) is 5.17. The monoisotopic (exact) mass is 282 g/mol. The first-order valence-corrected chi connectivity index (χ1v) is 6.61. The van der Waals surface area contributed by atoms with Gasteiger partial charge >= 0.3 is 0 Å². The molecule has 1 aromatic heterocycles. The first-order chi connectivity index (χ1) is 8.79. The van der Waals surface area contributed by atoms with Crippen LogP contribution in [0.2, 0.25) is 0 Å². The third-order valence-corrected chi connectivity index (χ3v) is 2.88. The highest BCUT2D eigenvalue weighted by Crippen LogP contribution is 2.08. The molecule has 0 unspecified atom stereocenters. The van der Waals surface area contributed by atoms with Crippen molar-refractivity contribution in [3.8, 4) is 0 Å². The number of rotatable bonds is 1. The van der Waals surface area contributed by atoms with Crippen molar-refractivity contribution in [1.29, 1.82) is 0 Å². The lowest BCUT2D eigenvalue weighted by atomic mass is 10.2.